The van der Waals surface area contributed by atoms with E-state index in [1.807, 2.05) is 6.92 Å². The lowest BCUT2D eigenvalue weighted by Gasteiger charge is -2.15. The molecule has 0 fully saturated rings. The summed E-state index contributed by atoms with van der Waals surface area (Å²) in [5, 5.41) is 3.96. The second-order valence-corrected chi connectivity index (χ2v) is 5.09. The zero-order valence-electron chi connectivity index (χ0n) is 12.6. The van der Waals surface area contributed by atoms with E-state index in [4.69, 9.17) is 4.52 Å². The highest BCUT2D eigenvalue weighted by molar-refractivity contribution is 6.16. The third-order valence-corrected chi connectivity index (χ3v) is 3.62. The lowest BCUT2D eigenvalue weighted by atomic mass is 9.99. The predicted octanol–water partition coefficient (Wildman–Crippen LogP) is 4.01. The number of hydrogen-bond acceptors (Lipinski definition) is 4. The van der Waals surface area contributed by atoms with Crippen molar-refractivity contribution < 1.29 is 17.7 Å². The van der Waals surface area contributed by atoms with Gasteiger partial charge in [-0.2, -0.15) is 13.2 Å². The van der Waals surface area contributed by atoms with Gasteiger partial charge < -0.3 is 9.42 Å². The van der Waals surface area contributed by atoms with Gasteiger partial charge in [0.2, 0.25) is 0 Å². The van der Waals surface area contributed by atoms with Gasteiger partial charge in [0, 0.05) is 31.4 Å². The predicted molar refractivity (Wildman–Crippen MR) is 80.5 cm³/mol. The monoisotopic (exact) mass is 321 g/mol. The van der Waals surface area contributed by atoms with Gasteiger partial charge in [0.15, 0.2) is 11.5 Å². The molecule has 3 rings (SSSR count). The lowest BCUT2D eigenvalue weighted by Crippen LogP contribution is -2.16. The summed E-state index contributed by atoms with van der Waals surface area (Å²) in [7, 11) is 1.78. The maximum Gasteiger partial charge on any atom is 0.417 e. The van der Waals surface area contributed by atoms with Crippen molar-refractivity contribution in [2.45, 2.75) is 19.5 Å². The van der Waals surface area contributed by atoms with Crippen LogP contribution in [0.2, 0.25) is 0 Å². The molecule has 7 heteroatoms. The first kappa shape index (κ1) is 15.3. The van der Waals surface area contributed by atoms with Crippen molar-refractivity contribution in [3.8, 4) is 0 Å². The molecule has 0 radical (unpaired) electrons. The normalized spacial score (nSPS) is 14.5. The van der Waals surface area contributed by atoms with E-state index in [2.05, 4.69) is 10.1 Å². The summed E-state index contributed by atoms with van der Waals surface area (Å²) >= 11 is 0. The molecule has 0 saturated heterocycles. The van der Waals surface area contributed by atoms with Crippen molar-refractivity contribution in [2.75, 3.05) is 11.9 Å². The highest BCUT2D eigenvalue weighted by Crippen LogP contribution is 2.36. The Bertz CT molecular complexity index is 790. The van der Waals surface area contributed by atoms with Crippen molar-refractivity contribution >= 4 is 11.4 Å². The number of aliphatic imine (C=N–C) groups is 1. The molecule has 120 valence electrons. The number of rotatable bonds is 2. The fourth-order valence-corrected chi connectivity index (χ4v) is 2.55. The van der Waals surface area contributed by atoms with E-state index in [-0.39, 0.29) is 11.3 Å². The van der Waals surface area contributed by atoms with Gasteiger partial charge in [0.05, 0.1) is 5.56 Å². The fraction of sp³-hybridized carbons (Fsp3) is 0.250. The quantitative estimate of drug-likeness (QED) is 0.839. The van der Waals surface area contributed by atoms with Crippen LogP contribution in [0.3, 0.4) is 0 Å². The first-order chi connectivity index (χ1) is 10.9. The second-order valence-electron chi connectivity index (χ2n) is 5.09. The third kappa shape index (κ3) is 2.62. The van der Waals surface area contributed by atoms with E-state index in [0.29, 0.717) is 23.6 Å². The maximum atomic E-state index is 13.3. The first-order valence-corrected chi connectivity index (χ1v) is 7.06. The molecular formula is C16H14F3N3O. The van der Waals surface area contributed by atoms with E-state index < -0.39 is 11.7 Å². The minimum absolute atomic E-state index is 0.0165. The van der Waals surface area contributed by atoms with Gasteiger partial charge in [0.25, 0.3) is 0 Å². The van der Waals surface area contributed by atoms with E-state index in [0.717, 1.165) is 6.07 Å². The number of benzene rings is 1. The number of hydrogen-bond donors (Lipinski definition) is 0. The highest BCUT2D eigenvalue weighted by atomic mass is 19.4. The summed E-state index contributed by atoms with van der Waals surface area (Å²) in [6.45, 7) is 1.89. The van der Waals surface area contributed by atoms with Gasteiger partial charge in [-0.3, -0.25) is 4.99 Å². The molecule has 0 N–H and O–H groups in total. The van der Waals surface area contributed by atoms with Crippen LogP contribution in [0.4, 0.5) is 18.9 Å². The molecule has 1 aliphatic heterocycles. The zero-order valence-corrected chi connectivity index (χ0v) is 12.6. The SMILES string of the molecule is CCc1onc2c1N(C)C=CN=C2c1ccccc1C(F)(F)F. The summed E-state index contributed by atoms with van der Waals surface area (Å²) in [4.78, 5) is 5.93. The Labute approximate surface area is 130 Å². The van der Waals surface area contributed by atoms with Crippen LogP contribution >= 0.6 is 0 Å². The van der Waals surface area contributed by atoms with Crippen LogP contribution in [-0.2, 0) is 12.6 Å². The molecule has 2 aromatic rings. The molecular weight excluding hydrogens is 307 g/mol. The Balaban J connectivity index is 2.23. The number of nitrogens with zero attached hydrogens (tertiary/aromatic N) is 3. The molecule has 1 aliphatic rings. The van der Waals surface area contributed by atoms with Crippen molar-refractivity contribution in [2.24, 2.45) is 4.99 Å². The lowest BCUT2D eigenvalue weighted by molar-refractivity contribution is -0.137. The molecule has 4 nitrogen and oxygen atoms in total. The van der Waals surface area contributed by atoms with Crippen molar-refractivity contribution in [1.29, 1.82) is 0 Å². The maximum absolute atomic E-state index is 13.3. The van der Waals surface area contributed by atoms with Crippen LogP contribution in [0.25, 0.3) is 0 Å². The van der Waals surface area contributed by atoms with E-state index in [9.17, 15) is 13.2 Å². The number of halogens is 3. The Morgan fingerprint density at radius 2 is 1.96 bits per heavy atom. The Hall–Kier alpha value is -2.57. The Morgan fingerprint density at radius 1 is 1.22 bits per heavy atom. The smallest absolute Gasteiger partial charge is 0.358 e. The van der Waals surface area contributed by atoms with Crippen LogP contribution in [-0.4, -0.2) is 17.9 Å². The summed E-state index contributed by atoms with van der Waals surface area (Å²) < 4.78 is 45.2. The van der Waals surface area contributed by atoms with E-state index in [1.165, 1.54) is 18.3 Å². The first-order valence-electron chi connectivity index (χ1n) is 7.06. The molecule has 0 saturated carbocycles. The van der Waals surface area contributed by atoms with Crippen LogP contribution in [0, 0.1) is 0 Å². The summed E-state index contributed by atoms with van der Waals surface area (Å²) in [6.07, 6.45) is -0.769. The molecule has 0 spiro atoms. The van der Waals surface area contributed by atoms with Crippen LogP contribution in [0.5, 0.6) is 0 Å². The topological polar surface area (TPSA) is 41.6 Å². The molecule has 0 aliphatic carbocycles. The fourth-order valence-electron chi connectivity index (χ4n) is 2.55. The zero-order chi connectivity index (χ0) is 16.6. The molecule has 0 atom stereocenters. The number of aromatic nitrogens is 1. The molecule has 0 unspecified atom stereocenters. The Morgan fingerprint density at radius 3 is 2.65 bits per heavy atom. The van der Waals surface area contributed by atoms with Gasteiger partial charge in [0.1, 0.15) is 11.4 Å². The molecule has 0 amide bonds. The minimum atomic E-state index is -4.47. The third-order valence-electron chi connectivity index (χ3n) is 3.62. The van der Waals surface area contributed by atoms with Crippen molar-refractivity contribution in [1.82, 2.24) is 5.16 Å². The molecule has 1 aromatic heterocycles. The van der Waals surface area contributed by atoms with Crippen molar-refractivity contribution in [3.05, 3.63) is 59.2 Å². The number of fused-ring (bicyclic) bond motifs is 1. The van der Waals surface area contributed by atoms with E-state index >= 15 is 0 Å². The Kier molecular flexibility index (Phi) is 3.71. The average Bonchev–Trinajstić information content (AvgIpc) is 2.87. The second kappa shape index (κ2) is 5.57. The minimum Gasteiger partial charge on any atom is -0.358 e. The number of alkyl halides is 3. The van der Waals surface area contributed by atoms with Gasteiger partial charge >= 0.3 is 6.18 Å². The van der Waals surface area contributed by atoms with Gasteiger partial charge in [-0.15, -0.1) is 0 Å². The highest BCUT2D eigenvalue weighted by Gasteiger charge is 2.36. The van der Waals surface area contributed by atoms with Crippen molar-refractivity contribution in [3.63, 3.8) is 0 Å². The van der Waals surface area contributed by atoms with Crippen LogP contribution < -0.4 is 4.90 Å². The van der Waals surface area contributed by atoms with Crippen LogP contribution in [0.15, 0.2) is 46.2 Å². The average molecular weight is 321 g/mol. The van der Waals surface area contributed by atoms with Gasteiger partial charge in [-0.25, -0.2) is 0 Å². The summed E-state index contributed by atoms with van der Waals surface area (Å²) in [5.41, 5.74) is 0.334. The number of aryl methyl sites for hydroxylation is 1. The molecule has 23 heavy (non-hydrogen) atoms. The standard InChI is InChI=1S/C16H14F3N3O/c1-3-12-15-14(21-23-12)13(20-8-9-22(15)2)10-6-4-5-7-11(10)16(17,18)19/h4-9H,3H2,1-2H3. The molecule has 2 heterocycles. The van der Waals surface area contributed by atoms with E-state index in [1.54, 1.807) is 24.2 Å². The van der Waals surface area contributed by atoms with Crippen LogP contribution in [0.1, 0.15) is 29.5 Å². The molecule has 0 bridgehead atoms. The molecule has 1 aromatic carbocycles. The van der Waals surface area contributed by atoms with Gasteiger partial charge in [-0.05, 0) is 6.07 Å². The summed E-state index contributed by atoms with van der Waals surface area (Å²) in [5.74, 6) is 0.603. The largest absolute Gasteiger partial charge is 0.417 e. The van der Waals surface area contributed by atoms with Gasteiger partial charge in [-0.1, -0.05) is 30.3 Å². The summed E-state index contributed by atoms with van der Waals surface area (Å²) in [6, 6.07) is 5.33. The number of anilines is 1.